The van der Waals surface area contributed by atoms with Gasteiger partial charge < -0.3 is 10.4 Å². The number of benzene rings is 1. The molecule has 0 unspecified atom stereocenters. The summed E-state index contributed by atoms with van der Waals surface area (Å²) in [6.07, 6.45) is 2.21. The summed E-state index contributed by atoms with van der Waals surface area (Å²) < 4.78 is 1.74. The van der Waals surface area contributed by atoms with Crippen LogP contribution in [0.5, 0.6) is 0 Å². The molecule has 3 aromatic rings. The molecule has 0 bridgehead atoms. The number of aryl methyl sites for hydroxylation is 1. The maximum Gasteiger partial charge on any atom is 0.268 e. The Hall–Kier alpha value is -4.00. The van der Waals surface area contributed by atoms with E-state index in [4.69, 9.17) is 5.21 Å². The van der Waals surface area contributed by atoms with Crippen molar-refractivity contribution in [2.24, 2.45) is 7.05 Å². The maximum absolute atomic E-state index is 12.3. The predicted octanol–water partition coefficient (Wildman–Crippen LogP) is 0.867. The quantitative estimate of drug-likeness (QED) is 0.276. The lowest BCUT2D eigenvalue weighted by atomic mass is 10.1. The first kappa shape index (κ1) is 21.7. The van der Waals surface area contributed by atoms with Crippen molar-refractivity contribution in [1.29, 1.82) is 0 Å². The minimum atomic E-state index is -1.28. The Morgan fingerprint density at radius 2 is 1.74 bits per heavy atom. The van der Waals surface area contributed by atoms with Gasteiger partial charge in [-0.05, 0) is 49.4 Å². The van der Waals surface area contributed by atoms with Gasteiger partial charge in [0, 0.05) is 36.1 Å². The summed E-state index contributed by atoms with van der Waals surface area (Å²) in [5.74, 6) is 4.55. The number of hydrogen-bond donors (Lipinski definition) is 4. The van der Waals surface area contributed by atoms with Gasteiger partial charge in [0.05, 0.1) is 17.5 Å². The molecule has 0 saturated carbocycles. The highest BCUT2D eigenvalue weighted by Crippen LogP contribution is 2.15. The van der Waals surface area contributed by atoms with Gasteiger partial charge in [0.25, 0.3) is 11.8 Å². The number of pyridine rings is 1. The second kappa shape index (κ2) is 9.67. The number of carbonyl (C=O) groups excluding carboxylic acids is 2. The molecule has 0 saturated heterocycles. The first-order valence-corrected chi connectivity index (χ1v) is 9.38. The molecule has 2 atom stereocenters. The summed E-state index contributed by atoms with van der Waals surface area (Å²) in [5, 5.41) is 24.8. The van der Waals surface area contributed by atoms with Gasteiger partial charge in [-0.2, -0.15) is 5.10 Å². The minimum absolute atomic E-state index is 0.282. The third-order valence-corrected chi connectivity index (χ3v) is 4.51. The monoisotopic (exact) mass is 419 g/mol. The average Bonchev–Trinajstić information content (AvgIpc) is 3.21. The zero-order valence-corrected chi connectivity index (χ0v) is 16.9. The van der Waals surface area contributed by atoms with Crippen LogP contribution >= 0.6 is 0 Å². The van der Waals surface area contributed by atoms with Gasteiger partial charge in [0.1, 0.15) is 6.04 Å². The number of aliphatic hydroxyl groups excluding tert-OH is 1. The molecule has 0 radical (unpaired) electrons. The van der Waals surface area contributed by atoms with Gasteiger partial charge in [-0.1, -0.05) is 11.8 Å². The number of nitrogens with one attached hydrogen (secondary N) is 2. The van der Waals surface area contributed by atoms with Gasteiger partial charge in [-0.25, -0.2) is 5.48 Å². The molecule has 0 fully saturated rings. The van der Waals surface area contributed by atoms with E-state index in [9.17, 15) is 14.7 Å². The minimum Gasteiger partial charge on any atom is -0.391 e. The molecule has 9 heteroatoms. The average molecular weight is 419 g/mol. The highest BCUT2D eigenvalue weighted by molar-refractivity contribution is 5.97. The number of hydroxylamine groups is 1. The number of amides is 2. The maximum atomic E-state index is 12.3. The number of nitrogens with zero attached hydrogens (tertiary/aromatic N) is 3. The molecule has 1 aromatic carbocycles. The Morgan fingerprint density at radius 3 is 2.29 bits per heavy atom. The van der Waals surface area contributed by atoms with Crippen LogP contribution in [0, 0.1) is 11.8 Å². The Labute approximate surface area is 178 Å². The third-order valence-electron chi connectivity index (χ3n) is 4.51. The highest BCUT2D eigenvalue weighted by atomic mass is 16.5. The van der Waals surface area contributed by atoms with Crippen molar-refractivity contribution in [1.82, 2.24) is 25.6 Å². The molecule has 2 aromatic heterocycles. The predicted molar refractivity (Wildman–Crippen MR) is 112 cm³/mol. The second-order valence-corrected chi connectivity index (χ2v) is 6.77. The lowest BCUT2D eigenvalue weighted by Crippen LogP contribution is -2.51. The Balaban J connectivity index is 1.67. The van der Waals surface area contributed by atoms with Gasteiger partial charge in [-0.15, -0.1) is 0 Å². The molecular weight excluding hydrogens is 398 g/mol. The van der Waals surface area contributed by atoms with E-state index in [0.29, 0.717) is 5.56 Å². The largest absolute Gasteiger partial charge is 0.391 e. The summed E-state index contributed by atoms with van der Waals surface area (Å²) in [4.78, 5) is 28.2. The van der Waals surface area contributed by atoms with Crippen molar-refractivity contribution < 1.29 is 19.9 Å². The second-order valence-electron chi connectivity index (χ2n) is 6.77. The van der Waals surface area contributed by atoms with Crippen LogP contribution in [0.2, 0.25) is 0 Å². The molecule has 0 aliphatic carbocycles. The summed E-state index contributed by atoms with van der Waals surface area (Å²) in [6.45, 7) is 1.33. The molecule has 9 nitrogen and oxygen atoms in total. The van der Waals surface area contributed by atoms with E-state index in [0.717, 1.165) is 17.0 Å². The highest BCUT2D eigenvalue weighted by Gasteiger charge is 2.25. The SMILES string of the molecule is C[C@H](O)[C@H](NC(=O)c1ccc(C#Cc2ccc(-c3ccnn3C)nc2)cc1)C(=O)NO. The van der Waals surface area contributed by atoms with Crippen LogP contribution in [-0.4, -0.2) is 49.0 Å². The lowest BCUT2D eigenvalue weighted by molar-refractivity contribution is -0.133. The van der Waals surface area contributed by atoms with E-state index in [1.165, 1.54) is 12.4 Å². The van der Waals surface area contributed by atoms with Crippen molar-refractivity contribution in [3.05, 3.63) is 71.5 Å². The number of aliphatic hydroxyl groups is 1. The molecule has 158 valence electrons. The van der Waals surface area contributed by atoms with Crippen molar-refractivity contribution in [2.45, 2.75) is 19.1 Å². The fraction of sp³-hybridized carbons (Fsp3) is 0.182. The molecule has 31 heavy (non-hydrogen) atoms. The fourth-order valence-corrected chi connectivity index (χ4v) is 2.79. The van der Waals surface area contributed by atoms with Crippen molar-refractivity contribution in [3.8, 4) is 23.2 Å². The first-order chi connectivity index (χ1) is 14.9. The van der Waals surface area contributed by atoms with E-state index >= 15 is 0 Å². The van der Waals surface area contributed by atoms with Crippen LogP contribution in [0.4, 0.5) is 0 Å². The first-order valence-electron chi connectivity index (χ1n) is 9.38. The van der Waals surface area contributed by atoms with Gasteiger partial charge in [0.2, 0.25) is 0 Å². The van der Waals surface area contributed by atoms with Gasteiger partial charge in [-0.3, -0.25) is 24.5 Å². The zero-order chi connectivity index (χ0) is 22.4. The smallest absolute Gasteiger partial charge is 0.268 e. The molecule has 0 aliphatic rings. The van der Waals surface area contributed by atoms with Crippen molar-refractivity contribution in [3.63, 3.8) is 0 Å². The summed E-state index contributed by atoms with van der Waals surface area (Å²) >= 11 is 0. The van der Waals surface area contributed by atoms with Crippen LogP contribution in [0.1, 0.15) is 28.4 Å². The van der Waals surface area contributed by atoms with E-state index in [1.54, 1.807) is 41.3 Å². The fourth-order valence-electron chi connectivity index (χ4n) is 2.79. The number of hydrogen-bond acceptors (Lipinski definition) is 6. The molecule has 2 heterocycles. The van der Waals surface area contributed by atoms with Crippen LogP contribution in [-0.2, 0) is 11.8 Å². The van der Waals surface area contributed by atoms with Crippen LogP contribution in [0.25, 0.3) is 11.4 Å². The molecular formula is C22H21N5O4. The number of carbonyl (C=O) groups is 2. The molecule has 0 spiro atoms. The summed E-state index contributed by atoms with van der Waals surface area (Å²) in [6, 6.07) is 10.8. The van der Waals surface area contributed by atoms with Gasteiger partial charge in [0.15, 0.2) is 0 Å². The topological polar surface area (TPSA) is 129 Å². The van der Waals surface area contributed by atoms with Crippen LogP contribution in [0.3, 0.4) is 0 Å². The van der Waals surface area contributed by atoms with Crippen molar-refractivity contribution in [2.75, 3.05) is 0 Å². The molecule has 4 N–H and O–H groups in total. The van der Waals surface area contributed by atoms with Crippen LogP contribution < -0.4 is 10.8 Å². The summed E-state index contributed by atoms with van der Waals surface area (Å²) in [5.41, 5.74) is 4.83. The number of aromatic nitrogens is 3. The van der Waals surface area contributed by atoms with Crippen molar-refractivity contribution >= 4 is 11.8 Å². The van der Waals surface area contributed by atoms with E-state index in [2.05, 4.69) is 27.2 Å². The van der Waals surface area contributed by atoms with E-state index < -0.39 is 24.0 Å². The number of rotatable bonds is 5. The normalized spacial score (nSPS) is 12.3. The molecule has 0 aliphatic heterocycles. The van der Waals surface area contributed by atoms with E-state index in [-0.39, 0.29) is 5.56 Å². The Kier molecular flexibility index (Phi) is 6.77. The standard InChI is InChI=1S/C22H21N5O4/c1-14(28)20(22(30)26-31)25-21(29)17-8-5-15(6-9-17)3-4-16-7-10-18(23-13-16)19-11-12-24-27(19)2/h5-14,20,28,31H,1-2H3,(H,25,29)(H,26,30)/t14-,20-/m0/s1. The summed E-state index contributed by atoms with van der Waals surface area (Å²) in [7, 11) is 1.85. The van der Waals surface area contributed by atoms with Crippen LogP contribution in [0.15, 0.2) is 54.9 Å². The Bertz CT molecular complexity index is 1130. The zero-order valence-electron chi connectivity index (χ0n) is 16.9. The Morgan fingerprint density at radius 1 is 1.06 bits per heavy atom. The van der Waals surface area contributed by atoms with E-state index in [1.807, 2.05) is 25.2 Å². The molecule has 3 rings (SSSR count). The lowest BCUT2D eigenvalue weighted by Gasteiger charge is -2.19. The third kappa shape index (κ3) is 5.33. The van der Waals surface area contributed by atoms with Gasteiger partial charge >= 0.3 is 0 Å². The molecule has 2 amide bonds.